The first-order chi connectivity index (χ1) is 17.8. The van der Waals surface area contributed by atoms with E-state index in [0.717, 1.165) is 16.5 Å². The lowest BCUT2D eigenvalue weighted by molar-refractivity contribution is -0.126. The molecular formula is C28H23N5O4. The van der Waals surface area contributed by atoms with Crippen LogP contribution in [0.5, 0.6) is 11.5 Å². The van der Waals surface area contributed by atoms with Crippen molar-refractivity contribution in [3.8, 4) is 17.6 Å². The lowest BCUT2D eigenvalue weighted by Crippen LogP contribution is -2.43. The average Bonchev–Trinajstić information content (AvgIpc) is 3.50. The van der Waals surface area contributed by atoms with E-state index >= 15 is 0 Å². The second-order valence-corrected chi connectivity index (χ2v) is 9.46. The lowest BCUT2D eigenvalue weighted by Gasteiger charge is -2.26. The third-order valence-electron chi connectivity index (χ3n) is 7.08. The molecule has 2 aliphatic heterocycles. The molecule has 1 fully saturated rings. The summed E-state index contributed by atoms with van der Waals surface area (Å²) in [6.07, 6.45) is 3.43. The number of hydrogen-bond acceptors (Lipinski definition) is 6. The van der Waals surface area contributed by atoms with Crippen LogP contribution in [0.2, 0.25) is 0 Å². The van der Waals surface area contributed by atoms with Crippen LogP contribution < -0.4 is 15.0 Å². The number of rotatable bonds is 0. The third-order valence-corrected chi connectivity index (χ3v) is 7.08. The molecule has 184 valence electrons. The first-order valence-electron chi connectivity index (χ1n) is 11.9. The van der Waals surface area contributed by atoms with Crippen molar-refractivity contribution in [1.29, 1.82) is 5.26 Å². The Morgan fingerprint density at radius 1 is 1.19 bits per heavy atom. The zero-order valence-corrected chi connectivity index (χ0v) is 20.0. The molecule has 1 aromatic heterocycles. The maximum absolute atomic E-state index is 13.3. The molecule has 37 heavy (non-hydrogen) atoms. The fraction of sp³-hybridized carbons (Fsp3) is 0.214. The minimum atomic E-state index is -1.55. The van der Waals surface area contributed by atoms with Crippen LogP contribution in [-0.2, 0) is 21.7 Å². The van der Waals surface area contributed by atoms with E-state index < -0.39 is 11.6 Å². The van der Waals surface area contributed by atoms with E-state index in [9.17, 15) is 20.0 Å². The smallest absolute Gasteiger partial charge is 0.249 e. The quantitative estimate of drug-likeness (QED) is 0.388. The van der Waals surface area contributed by atoms with Gasteiger partial charge in [0, 0.05) is 11.9 Å². The predicted molar refractivity (Wildman–Crippen MR) is 135 cm³/mol. The summed E-state index contributed by atoms with van der Waals surface area (Å²) in [5, 5.41) is 25.9. The van der Waals surface area contributed by atoms with E-state index in [2.05, 4.69) is 16.4 Å². The van der Waals surface area contributed by atoms with Crippen molar-refractivity contribution in [2.75, 3.05) is 11.4 Å². The molecule has 6 bridgehead atoms. The molecule has 6 rings (SSSR count). The fourth-order valence-electron chi connectivity index (χ4n) is 5.11. The van der Waals surface area contributed by atoms with Crippen LogP contribution in [-0.4, -0.2) is 39.1 Å². The number of ether oxygens (including phenoxy) is 1. The minimum Gasteiger partial charge on any atom is -0.456 e. The Hall–Kier alpha value is -4.68. The molecule has 1 saturated heterocycles. The number of benzene rings is 3. The van der Waals surface area contributed by atoms with Crippen molar-refractivity contribution in [3.63, 3.8) is 0 Å². The van der Waals surface area contributed by atoms with Gasteiger partial charge >= 0.3 is 0 Å². The molecule has 2 aliphatic rings. The molecule has 9 heteroatoms. The number of anilines is 1. The number of nitrogens with zero attached hydrogens (tertiary/aromatic N) is 4. The number of aromatic nitrogens is 2. The monoisotopic (exact) mass is 493 g/mol. The number of carbonyl (C=O) groups excluding carboxylic acids is 2. The summed E-state index contributed by atoms with van der Waals surface area (Å²) in [5.74, 6) is 0.220. The van der Waals surface area contributed by atoms with Gasteiger partial charge in [-0.15, -0.1) is 0 Å². The molecule has 4 aromatic rings. The van der Waals surface area contributed by atoms with Crippen LogP contribution in [0.15, 0.2) is 67.1 Å². The molecule has 2 atom stereocenters. The van der Waals surface area contributed by atoms with E-state index in [1.54, 1.807) is 40.7 Å². The lowest BCUT2D eigenvalue weighted by atomic mass is 9.91. The van der Waals surface area contributed by atoms with Gasteiger partial charge in [-0.2, -0.15) is 5.26 Å². The van der Waals surface area contributed by atoms with E-state index in [1.807, 2.05) is 30.3 Å². The molecule has 2 amide bonds. The van der Waals surface area contributed by atoms with Crippen molar-refractivity contribution in [2.24, 2.45) is 0 Å². The summed E-state index contributed by atoms with van der Waals surface area (Å²) in [4.78, 5) is 32.1. The van der Waals surface area contributed by atoms with E-state index in [4.69, 9.17) is 4.74 Å². The van der Waals surface area contributed by atoms with Crippen LogP contribution in [0.25, 0.3) is 10.8 Å². The van der Waals surface area contributed by atoms with Gasteiger partial charge in [0.25, 0.3) is 0 Å². The van der Waals surface area contributed by atoms with Crippen LogP contribution >= 0.6 is 0 Å². The third kappa shape index (κ3) is 3.79. The molecule has 2 N–H and O–H groups in total. The Morgan fingerprint density at radius 3 is 2.89 bits per heavy atom. The van der Waals surface area contributed by atoms with Gasteiger partial charge in [-0.25, -0.2) is 4.98 Å². The Balaban J connectivity index is 1.54. The molecule has 0 saturated carbocycles. The standard InChI is InChI=1S/C28H23N5O4/c1-28(36)19-7-5-18(13-29)24(11-19)37-20-8-6-17-3-2-4-23(21(17)12-20)33-10-9-22(27(33)35)31-26(34)15-32-16-30-14-25(28)32/h2-8,11-12,14,16,22,36H,9-10,15H2,1H3,(H,31,34)/t22-,28?/m1/s1. The predicted octanol–water partition coefficient (Wildman–Crippen LogP) is 3.19. The SMILES string of the molecule is CC1(O)c2ccc(C#N)c(c2)Oc2ccc3cccc(c3c2)N2CC[C@@H](NC(=O)Cn3cncc31)C2=O. The zero-order chi connectivity index (χ0) is 25.7. The van der Waals surface area contributed by atoms with E-state index in [1.165, 1.54) is 12.5 Å². The molecule has 0 spiro atoms. The maximum Gasteiger partial charge on any atom is 0.249 e. The van der Waals surface area contributed by atoms with E-state index in [-0.39, 0.29) is 24.1 Å². The highest BCUT2D eigenvalue weighted by Gasteiger charge is 2.35. The van der Waals surface area contributed by atoms with Crippen molar-refractivity contribution >= 4 is 28.3 Å². The summed E-state index contributed by atoms with van der Waals surface area (Å²) in [5.41, 5.74) is 0.331. The number of aliphatic hydroxyl groups is 1. The number of imidazole rings is 1. The van der Waals surface area contributed by atoms with Gasteiger partial charge in [0.2, 0.25) is 11.8 Å². The second-order valence-electron chi connectivity index (χ2n) is 9.46. The molecule has 0 aliphatic carbocycles. The highest BCUT2D eigenvalue weighted by atomic mass is 16.5. The van der Waals surface area contributed by atoms with Crippen LogP contribution in [0, 0.1) is 11.3 Å². The first-order valence-corrected chi connectivity index (χ1v) is 11.9. The molecule has 0 radical (unpaired) electrons. The molecule has 9 nitrogen and oxygen atoms in total. The number of nitrogens with one attached hydrogen (secondary N) is 1. The highest BCUT2D eigenvalue weighted by molar-refractivity contribution is 6.08. The van der Waals surface area contributed by atoms with Gasteiger partial charge < -0.3 is 24.6 Å². The Morgan fingerprint density at radius 2 is 2.05 bits per heavy atom. The summed E-state index contributed by atoms with van der Waals surface area (Å²) in [6.45, 7) is 1.93. The van der Waals surface area contributed by atoms with Gasteiger partial charge in [0.1, 0.15) is 35.8 Å². The number of nitriles is 1. The van der Waals surface area contributed by atoms with Crippen molar-refractivity contribution in [1.82, 2.24) is 14.9 Å². The second kappa shape index (κ2) is 8.47. The summed E-state index contributed by atoms with van der Waals surface area (Å²) < 4.78 is 7.74. The van der Waals surface area contributed by atoms with Gasteiger partial charge in [-0.05, 0) is 54.6 Å². The maximum atomic E-state index is 13.3. The summed E-state index contributed by atoms with van der Waals surface area (Å²) >= 11 is 0. The highest BCUT2D eigenvalue weighted by Crippen LogP contribution is 2.37. The Labute approximate surface area is 212 Å². The average molecular weight is 494 g/mol. The summed E-state index contributed by atoms with van der Waals surface area (Å²) in [7, 11) is 0. The Kier molecular flexibility index (Phi) is 5.21. The Bertz CT molecular complexity index is 1620. The first kappa shape index (κ1) is 22.8. The van der Waals surface area contributed by atoms with Gasteiger partial charge in [-0.1, -0.05) is 24.3 Å². The molecule has 3 heterocycles. The number of carbonyl (C=O) groups is 2. The van der Waals surface area contributed by atoms with Crippen LogP contribution in [0.3, 0.4) is 0 Å². The van der Waals surface area contributed by atoms with Crippen LogP contribution in [0.4, 0.5) is 5.69 Å². The number of amides is 2. The van der Waals surface area contributed by atoms with Crippen molar-refractivity contribution in [2.45, 2.75) is 31.5 Å². The van der Waals surface area contributed by atoms with Gasteiger partial charge in [-0.3, -0.25) is 9.59 Å². The van der Waals surface area contributed by atoms with Crippen molar-refractivity contribution < 1.29 is 19.4 Å². The molecular weight excluding hydrogens is 470 g/mol. The zero-order valence-electron chi connectivity index (χ0n) is 20.0. The van der Waals surface area contributed by atoms with Gasteiger partial charge in [0.15, 0.2) is 0 Å². The van der Waals surface area contributed by atoms with Crippen LogP contribution in [0.1, 0.15) is 30.2 Å². The molecule has 3 aromatic carbocycles. The minimum absolute atomic E-state index is 0.120. The largest absolute Gasteiger partial charge is 0.456 e. The fourth-order valence-corrected chi connectivity index (χ4v) is 5.11. The number of hydrogen-bond donors (Lipinski definition) is 2. The van der Waals surface area contributed by atoms with Crippen molar-refractivity contribution in [3.05, 3.63) is 83.9 Å². The van der Waals surface area contributed by atoms with Gasteiger partial charge in [0.05, 0.1) is 29.5 Å². The normalized spacial score (nSPS) is 21.2. The number of fused-ring (bicyclic) bond motifs is 7. The topological polar surface area (TPSA) is 120 Å². The molecule has 1 unspecified atom stereocenters. The summed E-state index contributed by atoms with van der Waals surface area (Å²) in [6, 6.07) is 17.6. The van der Waals surface area contributed by atoms with E-state index in [0.29, 0.717) is 35.5 Å².